The summed E-state index contributed by atoms with van der Waals surface area (Å²) < 4.78 is 13.1. The predicted molar refractivity (Wildman–Crippen MR) is 78.8 cm³/mol. The van der Waals surface area contributed by atoms with Gasteiger partial charge >= 0.3 is 0 Å². The van der Waals surface area contributed by atoms with Gasteiger partial charge in [0.25, 0.3) is 0 Å². The van der Waals surface area contributed by atoms with E-state index < -0.39 is 0 Å². The largest absolute Gasteiger partial charge is 0.324 e. The molecule has 3 heteroatoms. The highest BCUT2D eigenvalue weighted by atomic mass is 19.1. The minimum absolute atomic E-state index is 0.123. The second-order valence-electron chi connectivity index (χ2n) is 5.36. The first-order valence-electron chi connectivity index (χ1n) is 7.06. The summed E-state index contributed by atoms with van der Waals surface area (Å²) >= 11 is 0. The highest BCUT2D eigenvalue weighted by Gasteiger charge is 2.27. The fraction of sp³-hybridized carbons (Fsp3) is 0.294. The molecule has 1 aliphatic rings. The Balaban J connectivity index is 1.60. The third-order valence-electron chi connectivity index (χ3n) is 3.95. The fourth-order valence-electron chi connectivity index (χ4n) is 2.95. The van der Waals surface area contributed by atoms with Crippen LogP contribution in [0.5, 0.6) is 0 Å². The molecule has 3 rings (SSSR count). The van der Waals surface area contributed by atoms with Gasteiger partial charge in [-0.2, -0.15) is 0 Å². The van der Waals surface area contributed by atoms with Crippen LogP contribution < -0.4 is 11.1 Å². The van der Waals surface area contributed by atoms with Crippen molar-refractivity contribution < 1.29 is 4.39 Å². The number of nitrogens with one attached hydrogen (secondary N) is 1. The Morgan fingerprint density at radius 2 is 1.90 bits per heavy atom. The maximum Gasteiger partial charge on any atom is 0.123 e. The molecule has 0 amide bonds. The van der Waals surface area contributed by atoms with Crippen LogP contribution in [0.3, 0.4) is 0 Å². The van der Waals surface area contributed by atoms with Gasteiger partial charge in [-0.15, -0.1) is 0 Å². The van der Waals surface area contributed by atoms with Crippen molar-refractivity contribution in [1.82, 2.24) is 5.32 Å². The zero-order valence-electron chi connectivity index (χ0n) is 11.4. The summed E-state index contributed by atoms with van der Waals surface area (Å²) in [4.78, 5) is 0. The van der Waals surface area contributed by atoms with Crippen LogP contribution in [0.15, 0.2) is 48.5 Å². The predicted octanol–water partition coefficient (Wildman–Crippen LogP) is 3.10. The monoisotopic (exact) mass is 270 g/mol. The number of halogens is 1. The molecule has 0 saturated carbocycles. The number of rotatable bonds is 4. The topological polar surface area (TPSA) is 38.0 Å². The van der Waals surface area contributed by atoms with E-state index in [4.69, 9.17) is 5.73 Å². The van der Waals surface area contributed by atoms with Gasteiger partial charge in [-0.25, -0.2) is 4.39 Å². The fourth-order valence-corrected chi connectivity index (χ4v) is 2.95. The second kappa shape index (κ2) is 5.73. The molecule has 2 unspecified atom stereocenters. The van der Waals surface area contributed by atoms with Crippen LogP contribution in [0.4, 0.5) is 4.39 Å². The van der Waals surface area contributed by atoms with Gasteiger partial charge in [0.2, 0.25) is 0 Å². The van der Waals surface area contributed by atoms with Gasteiger partial charge in [-0.05, 0) is 48.2 Å². The van der Waals surface area contributed by atoms with Crippen LogP contribution in [-0.4, -0.2) is 6.54 Å². The summed E-state index contributed by atoms with van der Waals surface area (Å²) in [7, 11) is 0. The zero-order valence-corrected chi connectivity index (χ0v) is 11.4. The molecular weight excluding hydrogens is 251 g/mol. The van der Waals surface area contributed by atoms with E-state index >= 15 is 0 Å². The van der Waals surface area contributed by atoms with E-state index in [2.05, 4.69) is 23.5 Å². The van der Waals surface area contributed by atoms with Gasteiger partial charge in [-0.1, -0.05) is 36.4 Å². The lowest BCUT2D eigenvalue weighted by Gasteiger charge is -2.14. The molecule has 0 spiro atoms. The van der Waals surface area contributed by atoms with Crippen LogP contribution in [-0.2, 0) is 6.42 Å². The van der Waals surface area contributed by atoms with Crippen molar-refractivity contribution >= 4 is 0 Å². The van der Waals surface area contributed by atoms with Gasteiger partial charge in [0, 0.05) is 12.1 Å². The normalized spacial score (nSPS) is 20.9. The Morgan fingerprint density at radius 1 is 1.10 bits per heavy atom. The van der Waals surface area contributed by atoms with Gasteiger partial charge in [0.15, 0.2) is 0 Å². The Bertz CT molecular complexity index is 597. The molecule has 20 heavy (non-hydrogen) atoms. The molecule has 1 aliphatic carbocycles. The highest BCUT2D eigenvalue weighted by Crippen LogP contribution is 2.36. The highest BCUT2D eigenvalue weighted by molar-refractivity contribution is 5.37. The van der Waals surface area contributed by atoms with E-state index in [1.165, 1.54) is 17.2 Å². The average Bonchev–Trinajstić information content (AvgIpc) is 2.77. The van der Waals surface area contributed by atoms with Crippen LogP contribution in [0.1, 0.15) is 35.2 Å². The van der Waals surface area contributed by atoms with E-state index in [1.807, 2.05) is 12.1 Å². The summed E-state index contributed by atoms with van der Waals surface area (Å²) in [5.41, 5.74) is 9.72. The molecular formula is C17H19FN2. The standard InChI is InChI=1S/C17H19FN2/c18-13-5-3-4-12(10-13)8-9-20-17-11-16(19)14-6-1-2-7-15(14)17/h1-7,10,16-17,20H,8-9,11,19H2. The van der Waals surface area contributed by atoms with Crippen LogP contribution in [0.2, 0.25) is 0 Å². The number of fused-ring (bicyclic) bond motifs is 1. The molecule has 3 N–H and O–H groups in total. The van der Waals surface area contributed by atoms with E-state index in [0.29, 0.717) is 6.04 Å². The lowest BCUT2D eigenvalue weighted by atomic mass is 10.1. The van der Waals surface area contributed by atoms with E-state index in [1.54, 1.807) is 12.1 Å². The van der Waals surface area contributed by atoms with Gasteiger partial charge in [-0.3, -0.25) is 0 Å². The van der Waals surface area contributed by atoms with Crippen molar-refractivity contribution in [2.24, 2.45) is 5.73 Å². The average molecular weight is 270 g/mol. The third kappa shape index (κ3) is 2.74. The molecule has 0 bridgehead atoms. The maximum atomic E-state index is 13.1. The van der Waals surface area contributed by atoms with Crippen molar-refractivity contribution in [3.05, 3.63) is 71.0 Å². The summed E-state index contributed by atoms with van der Waals surface area (Å²) in [6.45, 7) is 0.829. The summed E-state index contributed by atoms with van der Waals surface area (Å²) in [5, 5.41) is 3.53. The molecule has 2 nitrogen and oxygen atoms in total. The molecule has 2 atom stereocenters. The number of benzene rings is 2. The van der Waals surface area contributed by atoms with Gasteiger partial charge < -0.3 is 11.1 Å². The third-order valence-corrected chi connectivity index (χ3v) is 3.95. The van der Waals surface area contributed by atoms with Crippen molar-refractivity contribution in [3.8, 4) is 0 Å². The van der Waals surface area contributed by atoms with E-state index in [0.717, 1.165) is 24.9 Å². The SMILES string of the molecule is NC1CC(NCCc2cccc(F)c2)c2ccccc21. The van der Waals surface area contributed by atoms with Crippen molar-refractivity contribution in [2.45, 2.75) is 24.9 Å². The number of nitrogens with two attached hydrogens (primary N) is 1. The molecule has 104 valence electrons. The Hall–Kier alpha value is -1.71. The zero-order chi connectivity index (χ0) is 13.9. The van der Waals surface area contributed by atoms with Crippen LogP contribution in [0.25, 0.3) is 0 Å². The first-order chi connectivity index (χ1) is 9.74. The van der Waals surface area contributed by atoms with Crippen molar-refractivity contribution in [2.75, 3.05) is 6.54 Å². The summed E-state index contributed by atoms with van der Waals surface area (Å²) in [6.07, 6.45) is 1.76. The number of hydrogen-bond donors (Lipinski definition) is 2. The molecule has 0 aliphatic heterocycles. The minimum atomic E-state index is -0.171. The molecule has 0 aromatic heterocycles. The molecule has 0 heterocycles. The van der Waals surface area contributed by atoms with E-state index in [9.17, 15) is 4.39 Å². The van der Waals surface area contributed by atoms with E-state index in [-0.39, 0.29) is 11.9 Å². The smallest absolute Gasteiger partial charge is 0.123 e. The minimum Gasteiger partial charge on any atom is -0.324 e. The number of hydrogen-bond acceptors (Lipinski definition) is 2. The second-order valence-corrected chi connectivity index (χ2v) is 5.36. The maximum absolute atomic E-state index is 13.1. The lowest BCUT2D eigenvalue weighted by Crippen LogP contribution is -2.22. The first-order valence-corrected chi connectivity index (χ1v) is 7.06. The van der Waals surface area contributed by atoms with Gasteiger partial charge in [0.1, 0.15) is 5.82 Å². The Labute approximate surface area is 118 Å². The molecule has 0 radical (unpaired) electrons. The van der Waals surface area contributed by atoms with Crippen molar-refractivity contribution in [3.63, 3.8) is 0 Å². The Morgan fingerprint density at radius 3 is 2.70 bits per heavy atom. The quantitative estimate of drug-likeness (QED) is 0.896. The van der Waals surface area contributed by atoms with Crippen molar-refractivity contribution in [1.29, 1.82) is 0 Å². The van der Waals surface area contributed by atoms with Crippen LogP contribution >= 0.6 is 0 Å². The molecule has 0 saturated heterocycles. The Kier molecular flexibility index (Phi) is 3.81. The summed E-state index contributed by atoms with van der Waals surface area (Å²) in [6, 6.07) is 15.6. The summed E-state index contributed by atoms with van der Waals surface area (Å²) in [5.74, 6) is -0.171. The molecule has 2 aromatic rings. The molecule has 2 aromatic carbocycles. The van der Waals surface area contributed by atoms with Gasteiger partial charge in [0.05, 0.1) is 0 Å². The van der Waals surface area contributed by atoms with Crippen LogP contribution in [0, 0.1) is 5.82 Å². The molecule has 0 fully saturated rings. The lowest BCUT2D eigenvalue weighted by molar-refractivity contribution is 0.501. The first kappa shape index (κ1) is 13.3.